The largest absolute Gasteiger partial charge is 0.312 e. The Morgan fingerprint density at radius 2 is 1.80 bits per heavy atom. The van der Waals surface area contributed by atoms with Crippen molar-refractivity contribution < 1.29 is 0 Å². The zero-order chi connectivity index (χ0) is 13.8. The molecule has 1 aromatic carbocycles. The van der Waals surface area contributed by atoms with E-state index in [4.69, 9.17) is 0 Å². The molecule has 0 aromatic heterocycles. The Labute approximate surface area is 123 Å². The van der Waals surface area contributed by atoms with Crippen LogP contribution < -0.4 is 5.32 Å². The molecule has 1 aromatic rings. The number of rotatable bonds is 6. The molecule has 1 aliphatic carbocycles. The van der Waals surface area contributed by atoms with Crippen molar-refractivity contribution in [3.63, 3.8) is 0 Å². The average molecular weight is 273 g/mol. The fourth-order valence-corrected chi connectivity index (χ4v) is 2.96. The van der Waals surface area contributed by atoms with E-state index in [1.54, 1.807) is 0 Å². The van der Waals surface area contributed by atoms with Gasteiger partial charge >= 0.3 is 0 Å². The van der Waals surface area contributed by atoms with Crippen molar-refractivity contribution in [2.24, 2.45) is 0 Å². The van der Waals surface area contributed by atoms with Gasteiger partial charge in [-0.2, -0.15) is 0 Å². The van der Waals surface area contributed by atoms with Crippen molar-refractivity contribution in [1.29, 1.82) is 0 Å². The van der Waals surface area contributed by atoms with E-state index in [0.717, 1.165) is 19.1 Å². The van der Waals surface area contributed by atoms with Crippen molar-refractivity contribution in [2.45, 2.75) is 38.4 Å². The number of piperazine rings is 1. The van der Waals surface area contributed by atoms with Crippen LogP contribution in [0, 0.1) is 0 Å². The lowest BCUT2D eigenvalue weighted by atomic mass is 10.2. The van der Waals surface area contributed by atoms with Crippen LogP contribution in [-0.4, -0.2) is 54.6 Å². The maximum absolute atomic E-state index is 3.65. The zero-order valence-corrected chi connectivity index (χ0v) is 12.6. The van der Waals surface area contributed by atoms with Gasteiger partial charge in [0.05, 0.1) is 0 Å². The third kappa shape index (κ3) is 4.05. The van der Waals surface area contributed by atoms with Crippen molar-refractivity contribution in [1.82, 2.24) is 15.1 Å². The van der Waals surface area contributed by atoms with Crippen LogP contribution in [0.2, 0.25) is 0 Å². The Balaban J connectivity index is 1.39. The van der Waals surface area contributed by atoms with Gasteiger partial charge in [0.15, 0.2) is 0 Å². The molecule has 1 saturated carbocycles. The molecule has 3 nitrogen and oxygen atoms in total. The van der Waals surface area contributed by atoms with Gasteiger partial charge in [-0.1, -0.05) is 30.3 Å². The summed E-state index contributed by atoms with van der Waals surface area (Å²) in [6.45, 7) is 9.43. The van der Waals surface area contributed by atoms with E-state index in [1.807, 2.05) is 0 Å². The van der Waals surface area contributed by atoms with E-state index >= 15 is 0 Å². The summed E-state index contributed by atoms with van der Waals surface area (Å²) in [5, 5.41) is 3.65. The standard InChI is InChI=1S/C17H27N3/c1-15(13-18-17-7-8-17)20-11-9-19(10-12-20)14-16-5-3-2-4-6-16/h2-6,15,17-18H,7-14H2,1H3. The number of hydrogen-bond donors (Lipinski definition) is 1. The highest BCUT2D eigenvalue weighted by Gasteiger charge is 2.24. The SMILES string of the molecule is CC(CNC1CC1)N1CCN(Cc2ccccc2)CC1. The van der Waals surface area contributed by atoms with Gasteiger partial charge in [0.1, 0.15) is 0 Å². The highest BCUT2D eigenvalue weighted by atomic mass is 15.3. The monoisotopic (exact) mass is 273 g/mol. The molecule has 0 amide bonds. The van der Waals surface area contributed by atoms with Gasteiger partial charge in [0, 0.05) is 51.4 Å². The van der Waals surface area contributed by atoms with Gasteiger partial charge in [-0.15, -0.1) is 0 Å². The summed E-state index contributed by atoms with van der Waals surface area (Å²) in [4.78, 5) is 5.21. The van der Waals surface area contributed by atoms with E-state index < -0.39 is 0 Å². The Hall–Kier alpha value is -0.900. The number of nitrogens with one attached hydrogen (secondary N) is 1. The quantitative estimate of drug-likeness (QED) is 0.854. The molecule has 1 saturated heterocycles. The molecule has 20 heavy (non-hydrogen) atoms. The molecule has 2 fully saturated rings. The Morgan fingerprint density at radius 3 is 2.45 bits per heavy atom. The molecule has 0 bridgehead atoms. The normalized spacial score (nSPS) is 22.9. The van der Waals surface area contributed by atoms with Crippen LogP contribution in [0.25, 0.3) is 0 Å². The lowest BCUT2D eigenvalue weighted by molar-refractivity contribution is 0.0972. The minimum Gasteiger partial charge on any atom is -0.312 e. The predicted molar refractivity (Wildman–Crippen MR) is 83.8 cm³/mol. The predicted octanol–water partition coefficient (Wildman–Crippen LogP) is 1.94. The summed E-state index contributed by atoms with van der Waals surface area (Å²) in [6.07, 6.45) is 2.77. The lowest BCUT2D eigenvalue weighted by Crippen LogP contribution is -2.51. The van der Waals surface area contributed by atoms with Gasteiger partial charge in [0.25, 0.3) is 0 Å². The highest BCUT2D eigenvalue weighted by molar-refractivity contribution is 5.14. The minimum atomic E-state index is 0.675. The first-order chi connectivity index (χ1) is 9.81. The molecular weight excluding hydrogens is 246 g/mol. The second kappa shape index (κ2) is 6.70. The fraction of sp³-hybridized carbons (Fsp3) is 0.647. The fourth-order valence-electron chi connectivity index (χ4n) is 2.96. The van der Waals surface area contributed by atoms with Crippen LogP contribution in [0.15, 0.2) is 30.3 Å². The Bertz CT molecular complexity index is 394. The van der Waals surface area contributed by atoms with Crippen molar-refractivity contribution in [3.8, 4) is 0 Å². The summed E-state index contributed by atoms with van der Waals surface area (Å²) in [7, 11) is 0. The molecule has 1 aliphatic heterocycles. The zero-order valence-electron chi connectivity index (χ0n) is 12.6. The van der Waals surface area contributed by atoms with Crippen molar-refractivity contribution in [2.75, 3.05) is 32.7 Å². The van der Waals surface area contributed by atoms with Gasteiger partial charge in [-0.05, 0) is 25.3 Å². The molecule has 2 aliphatic rings. The Morgan fingerprint density at radius 1 is 1.10 bits per heavy atom. The van der Waals surface area contributed by atoms with Crippen LogP contribution in [0.5, 0.6) is 0 Å². The summed E-state index contributed by atoms with van der Waals surface area (Å²) in [5.74, 6) is 0. The third-order valence-electron chi connectivity index (χ3n) is 4.56. The lowest BCUT2D eigenvalue weighted by Gasteiger charge is -2.38. The molecule has 1 unspecified atom stereocenters. The number of benzene rings is 1. The van der Waals surface area contributed by atoms with E-state index in [2.05, 4.69) is 52.4 Å². The van der Waals surface area contributed by atoms with E-state index in [1.165, 1.54) is 44.6 Å². The molecule has 1 heterocycles. The van der Waals surface area contributed by atoms with Crippen LogP contribution in [0.3, 0.4) is 0 Å². The molecule has 1 atom stereocenters. The summed E-state index contributed by atoms with van der Waals surface area (Å²) < 4.78 is 0. The smallest absolute Gasteiger partial charge is 0.0234 e. The molecule has 3 heteroatoms. The van der Waals surface area contributed by atoms with Crippen molar-refractivity contribution in [3.05, 3.63) is 35.9 Å². The van der Waals surface area contributed by atoms with Crippen LogP contribution >= 0.6 is 0 Å². The summed E-state index contributed by atoms with van der Waals surface area (Å²) in [5.41, 5.74) is 1.43. The second-order valence-corrected chi connectivity index (χ2v) is 6.33. The van der Waals surface area contributed by atoms with Crippen molar-refractivity contribution >= 4 is 0 Å². The molecule has 3 rings (SSSR count). The number of hydrogen-bond acceptors (Lipinski definition) is 3. The molecule has 1 N–H and O–H groups in total. The average Bonchev–Trinajstić information content (AvgIpc) is 3.31. The summed E-state index contributed by atoms with van der Waals surface area (Å²) in [6, 6.07) is 12.3. The summed E-state index contributed by atoms with van der Waals surface area (Å²) >= 11 is 0. The Kier molecular flexibility index (Phi) is 4.71. The minimum absolute atomic E-state index is 0.675. The third-order valence-corrected chi connectivity index (χ3v) is 4.56. The maximum atomic E-state index is 3.65. The first kappa shape index (κ1) is 14.1. The topological polar surface area (TPSA) is 18.5 Å². The van der Waals surface area contributed by atoms with E-state index in [0.29, 0.717) is 6.04 Å². The van der Waals surface area contributed by atoms with Crippen LogP contribution in [0.1, 0.15) is 25.3 Å². The molecule has 0 radical (unpaired) electrons. The molecular formula is C17H27N3. The first-order valence-corrected chi connectivity index (χ1v) is 8.05. The molecule has 0 spiro atoms. The van der Waals surface area contributed by atoms with Gasteiger partial charge in [0.2, 0.25) is 0 Å². The van der Waals surface area contributed by atoms with E-state index in [-0.39, 0.29) is 0 Å². The molecule has 110 valence electrons. The van der Waals surface area contributed by atoms with Crippen LogP contribution in [-0.2, 0) is 6.54 Å². The second-order valence-electron chi connectivity index (χ2n) is 6.33. The number of nitrogens with zero attached hydrogens (tertiary/aromatic N) is 2. The van der Waals surface area contributed by atoms with E-state index in [9.17, 15) is 0 Å². The first-order valence-electron chi connectivity index (χ1n) is 8.05. The maximum Gasteiger partial charge on any atom is 0.0234 e. The highest BCUT2D eigenvalue weighted by Crippen LogP contribution is 2.19. The van der Waals surface area contributed by atoms with Crippen LogP contribution in [0.4, 0.5) is 0 Å². The van der Waals surface area contributed by atoms with Gasteiger partial charge in [-0.3, -0.25) is 9.80 Å². The van der Waals surface area contributed by atoms with Gasteiger partial charge < -0.3 is 5.32 Å². The van der Waals surface area contributed by atoms with Gasteiger partial charge in [-0.25, -0.2) is 0 Å².